The molecule has 0 amide bonds. The molecule has 0 saturated carbocycles. The number of hydrogen-bond donors (Lipinski definition) is 4. The molecule has 8 heteroatoms. The Hall–Kier alpha value is -1.93. The quantitative estimate of drug-likeness (QED) is 0.494. The van der Waals surface area contributed by atoms with Gasteiger partial charge in [0.05, 0.1) is 17.6 Å². The zero-order valence-corrected chi connectivity index (χ0v) is 13.5. The summed E-state index contributed by atoms with van der Waals surface area (Å²) in [5.74, 6) is -3.72. The van der Waals surface area contributed by atoms with Crippen molar-refractivity contribution >= 4 is 13.1 Å². The summed E-state index contributed by atoms with van der Waals surface area (Å²) in [6, 6.07) is 2.54. The molecule has 1 aliphatic heterocycles. The highest BCUT2D eigenvalue weighted by Crippen LogP contribution is 2.46. The maximum absolute atomic E-state index is 11.2. The molecule has 1 fully saturated rings. The summed E-state index contributed by atoms with van der Waals surface area (Å²) in [7, 11) is -0.911. The lowest BCUT2D eigenvalue weighted by Gasteiger charge is -2.32. The zero-order chi connectivity index (χ0) is 17.6. The number of carboxylic acids is 1. The van der Waals surface area contributed by atoms with Crippen LogP contribution in [0.1, 0.15) is 45.5 Å². The molecule has 0 aromatic heterocycles. The number of aromatic hydroxyl groups is 3. The average Bonchev–Trinajstić information content (AvgIpc) is 2.63. The molecule has 0 radical (unpaired) electrons. The number of phenols is 3. The highest BCUT2D eigenvalue weighted by Gasteiger charge is 2.54. The van der Waals surface area contributed by atoms with Gasteiger partial charge in [-0.2, -0.15) is 0 Å². The third kappa shape index (κ3) is 3.09. The molecule has 2 rings (SSSR count). The minimum Gasteiger partial charge on any atom is -0.504 e. The van der Waals surface area contributed by atoms with E-state index in [-0.39, 0.29) is 12.0 Å². The first-order valence-corrected chi connectivity index (χ1v) is 7.27. The van der Waals surface area contributed by atoms with E-state index in [0.29, 0.717) is 0 Å². The number of phenolic OH excluding ortho intramolecular Hbond substituents is 3. The molecular formula is C15H21BO7. The van der Waals surface area contributed by atoms with Crippen LogP contribution in [-0.4, -0.2) is 44.7 Å². The summed E-state index contributed by atoms with van der Waals surface area (Å²) in [6.45, 7) is 7.33. The molecule has 4 N–H and O–H groups in total. The lowest BCUT2D eigenvalue weighted by atomic mass is 9.66. The average molecular weight is 324 g/mol. The van der Waals surface area contributed by atoms with Crippen molar-refractivity contribution in [3.63, 3.8) is 0 Å². The molecule has 0 aliphatic carbocycles. The van der Waals surface area contributed by atoms with Crippen molar-refractivity contribution in [3.8, 4) is 17.2 Å². The van der Waals surface area contributed by atoms with Crippen molar-refractivity contribution in [2.24, 2.45) is 0 Å². The standard InChI is InChI=1S/C15H21BO7/c1-14(2)15(3,4)23-16(22-14)9(7-11(18)19)8-5-6-10(17)13(21)12(8)20/h5-6,9,17,20-21H,7H2,1-4H3,(H,18,19). The van der Waals surface area contributed by atoms with Gasteiger partial charge < -0.3 is 29.7 Å². The minimum atomic E-state index is -1.10. The smallest absolute Gasteiger partial charge is 0.466 e. The largest absolute Gasteiger partial charge is 0.504 e. The van der Waals surface area contributed by atoms with Crippen LogP contribution < -0.4 is 0 Å². The van der Waals surface area contributed by atoms with Crippen LogP contribution in [0.2, 0.25) is 0 Å². The van der Waals surface area contributed by atoms with Gasteiger partial charge in [0.1, 0.15) is 0 Å². The van der Waals surface area contributed by atoms with Crippen LogP contribution in [0.25, 0.3) is 0 Å². The molecule has 1 saturated heterocycles. The number of hydrogen-bond acceptors (Lipinski definition) is 6. The zero-order valence-electron chi connectivity index (χ0n) is 13.5. The van der Waals surface area contributed by atoms with Crippen LogP contribution in [-0.2, 0) is 14.1 Å². The van der Waals surface area contributed by atoms with Crippen molar-refractivity contribution in [3.05, 3.63) is 17.7 Å². The van der Waals surface area contributed by atoms with E-state index in [1.807, 2.05) is 27.7 Å². The Bertz CT molecular complexity index is 610. The van der Waals surface area contributed by atoms with Gasteiger partial charge in [0.2, 0.25) is 5.75 Å². The summed E-state index contributed by atoms with van der Waals surface area (Å²) in [4.78, 5) is 11.2. The van der Waals surface area contributed by atoms with Crippen molar-refractivity contribution in [2.45, 2.75) is 51.1 Å². The van der Waals surface area contributed by atoms with Crippen molar-refractivity contribution < 1.29 is 34.5 Å². The normalized spacial score (nSPS) is 20.4. The molecule has 7 nitrogen and oxygen atoms in total. The van der Waals surface area contributed by atoms with E-state index in [1.165, 1.54) is 12.1 Å². The highest BCUT2D eigenvalue weighted by molar-refractivity contribution is 6.48. The third-order valence-corrected chi connectivity index (χ3v) is 4.56. The first-order valence-electron chi connectivity index (χ1n) is 7.27. The van der Waals surface area contributed by atoms with Crippen LogP contribution in [0, 0.1) is 0 Å². The SMILES string of the molecule is CC1(C)OB(C(CC(=O)O)c2ccc(O)c(O)c2O)OC1(C)C. The Labute approximate surface area is 134 Å². The number of carboxylic acid groups (broad SMARTS) is 1. The Kier molecular flexibility index (Phi) is 4.25. The topological polar surface area (TPSA) is 116 Å². The van der Waals surface area contributed by atoms with Crippen molar-refractivity contribution in [1.29, 1.82) is 0 Å². The Morgan fingerprint density at radius 3 is 2.09 bits per heavy atom. The van der Waals surface area contributed by atoms with Gasteiger partial charge in [-0.3, -0.25) is 4.79 Å². The summed E-state index contributed by atoms with van der Waals surface area (Å²) in [5.41, 5.74) is -1.19. The van der Waals surface area contributed by atoms with Gasteiger partial charge in [-0.05, 0) is 39.3 Å². The lowest BCUT2D eigenvalue weighted by molar-refractivity contribution is -0.137. The maximum Gasteiger partial charge on any atom is 0.466 e. The Morgan fingerprint density at radius 1 is 1.09 bits per heavy atom. The fourth-order valence-corrected chi connectivity index (χ4v) is 2.48. The molecule has 126 valence electrons. The lowest BCUT2D eigenvalue weighted by Crippen LogP contribution is -2.41. The summed E-state index contributed by atoms with van der Waals surface area (Å²) in [5, 5.41) is 38.4. The first kappa shape index (κ1) is 17.4. The molecule has 0 spiro atoms. The number of carbonyl (C=O) groups is 1. The van der Waals surface area contributed by atoms with E-state index >= 15 is 0 Å². The second-order valence-corrected chi connectivity index (χ2v) is 6.70. The van der Waals surface area contributed by atoms with E-state index < -0.39 is 47.4 Å². The van der Waals surface area contributed by atoms with Gasteiger partial charge in [-0.25, -0.2) is 0 Å². The van der Waals surface area contributed by atoms with Gasteiger partial charge in [0.15, 0.2) is 11.5 Å². The summed E-state index contributed by atoms with van der Waals surface area (Å²) >= 11 is 0. The van der Waals surface area contributed by atoms with Gasteiger partial charge >= 0.3 is 13.1 Å². The number of rotatable bonds is 4. The second-order valence-electron chi connectivity index (χ2n) is 6.70. The predicted octanol–water partition coefficient (Wildman–Crippen LogP) is 1.99. The van der Waals surface area contributed by atoms with Gasteiger partial charge in [0.25, 0.3) is 0 Å². The molecule has 1 aromatic rings. The molecule has 1 aliphatic rings. The summed E-state index contributed by atoms with van der Waals surface area (Å²) in [6.07, 6.45) is -0.366. The summed E-state index contributed by atoms with van der Waals surface area (Å²) < 4.78 is 11.7. The predicted molar refractivity (Wildman–Crippen MR) is 82.5 cm³/mol. The van der Waals surface area contributed by atoms with Crippen molar-refractivity contribution in [2.75, 3.05) is 0 Å². The fraction of sp³-hybridized carbons (Fsp3) is 0.533. The van der Waals surface area contributed by atoms with Gasteiger partial charge in [-0.15, -0.1) is 0 Å². The molecule has 1 heterocycles. The molecule has 23 heavy (non-hydrogen) atoms. The molecule has 0 bridgehead atoms. The van der Waals surface area contributed by atoms with E-state index in [0.717, 1.165) is 0 Å². The Morgan fingerprint density at radius 2 is 1.61 bits per heavy atom. The van der Waals surface area contributed by atoms with E-state index in [4.69, 9.17) is 9.31 Å². The van der Waals surface area contributed by atoms with Crippen molar-refractivity contribution in [1.82, 2.24) is 0 Å². The van der Waals surface area contributed by atoms with Gasteiger partial charge in [0, 0.05) is 5.82 Å². The van der Waals surface area contributed by atoms with E-state index in [9.17, 15) is 25.2 Å². The van der Waals surface area contributed by atoms with E-state index in [2.05, 4.69) is 0 Å². The molecule has 1 aromatic carbocycles. The minimum absolute atomic E-state index is 0.140. The Balaban J connectivity index is 2.44. The van der Waals surface area contributed by atoms with Crippen LogP contribution in [0.5, 0.6) is 17.2 Å². The first-order chi connectivity index (χ1) is 10.5. The van der Waals surface area contributed by atoms with Gasteiger partial charge in [-0.1, -0.05) is 6.07 Å². The molecule has 1 atom stereocenters. The number of aliphatic carboxylic acids is 1. The van der Waals surface area contributed by atoms with Crippen LogP contribution in [0.15, 0.2) is 12.1 Å². The highest BCUT2D eigenvalue weighted by atomic mass is 16.7. The molecular weight excluding hydrogens is 303 g/mol. The number of benzene rings is 1. The monoisotopic (exact) mass is 324 g/mol. The van der Waals surface area contributed by atoms with E-state index in [1.54, 1.807) is 0 Å². The fourth-order valence-electron chi connectivity index (χ4n) is 2.48. The second kappa shape index (κ2) is 5.61. The van der Waals surface area contributed by atoms with Crippen LogP contribution in [0.4, 0.5) is 0 Å². The van der Waals surface area contributed by atoms with Crippen LogP contribution >= 0.6 is 0 Å². The third-order valence-electron chi connectivity index (χ3n) is 4.56. The van der Waals surface area contributed by atoms with Crippen LogP contribution in [0.3, 0.4) is 0 Å². The maximum atomic E-state index is 11.2. The molecule has 1 unspecified atom stereocenters.